The molecular formula is C22H19FN4OS2. The Morgan fingerprint density at radius 1 is 1.13 bits per heavy atom. The molecule has 0 unspecified atom stereocenters. The van der Waals surface area contributed by atoms with E-state index in [0.29, 0.717) is 17.1 Å². The zero-order valence-corrected chi connectivity index (χ0v) is 18.1. The van der Waals surface area contributed by atoms with E-state index in [2.05, 4.69) is 20.8 Å². The highest BCUT2D eigenvalue weighted by Gasteiger charge is 2.13. The number of aryl methyl sites for hydroxylation is 2. The molecule has 0 aliphatic carbocycles. The second-order valence-electron chi connectivity index (χ2n) is 6.68. The summed E-state index contributed by atoms with van der Waals surface area (Å²) < 4.78 is 14.8. The van der Waals surface area contributed by atoms with E-state index in [4.69, 9.17) is 0 Å². The van der Waals surface area contributed by atoms with Crippen molar-refractivity contribution in [3.05, 3.63) is 87.8 Å². The molecule has 0 saturated carbocycles. The molecule has 5 nitrogen and oxygen atoms in total. The fraction of sp³-hybridized carbons (Fsp3) is 0.136. The molecule has 1 amide bonds. The molecule has 152 valence electrons. The fourth-order valence-electron chi connectivity index (χ4n) is 2.89. The summed E-state index contributed by atoms with van der Waals surface area (Å²) in [5.41, 5.74) is 3.03. The van der Waals surface area contributed by atoms with Crippen LogP contribution >= 0.6 is 23.1 Å². The van der Waals surface area contributed by atoms with Crippen molar-refractivity contribution < 1.29 is 9.18 Å². The minimum Gasteiger partial charge on any atom is -0.306 e. The third-order valence-corrected chi connectivity index (χ3v) is 6.18. The molecule has 30 heavy (non-hydrogen) atoms. The molecule has 0 fully saturated rings. The second-order valence-corrected chi connectivity index (χ2v) is 8.80. The molecule has 0 aliphatic rings. The molecular weight excluding hydrogens is 419 g/mol. The summed E-state index contributed by atoms with van der Waals surface area (Å²) in [6.45, 7) is 3.83. The van der Waals surface area contributed by atoms with E-state index in [1.54, 1.807) is 58.1 Å². The maximum atomic E-state index is 13.2. The number of thiazole rings is 1. The molecule has 0 bridgehead atoms. The summed E-state index contributed by atoms with van der Waals surface area (Å²) in [6.07, 6.45) is 0. The van der Waals surface area contributed by atoms with Crippen LogP contribution in [-0.2, 0) is 5.75 Å². The number of carbonyl (C=O) groups excluding carboxylic acids is 1. The van der Waals surface area contributed by atoms with Crippen molar-refractivity contribution in [2.75, 3.05) is 5.32 Å². The Morgan fingerprint density at radius 2 is 1.87 bits per heavy atom. The van der Waals surface area contributed by atoms with Gasteiger partial charge in [-0.15, -0.1) is 23.1 Å². The van der Waals surface area contributed by atoms with Crippen LogP contribution in [0.4, 0.5) is 10.2 Å². The van der Waals surface area contributed by atoms with Crippen molar-refractivity contribution in [3.63, 3.8) is 0 Å². The monoisotopic (exact) mass is 438 g/mol. The molecule has 0 spiro atoms. The lowest BCUT2D eigenvalue weighted by Crippen LogP contribution is -2.15. The number of thioether (sulfide) groups is 1. The van der Waals surface area contributed by atoms with Gasteiger partial charge in [-0.05, 0) is 62.4 Å². The van der Waals surface area contributed by atoms with Crippen molar-refractivity contribution in [2.24, 2.45) is 0 Å². The van der Waals surface area contributed by atoms with Gasteiger partial charge < -0.3 is 5.32 Å². The van der Waals surface area contributed by atoms with Crippen LogP contribution in [0.1, 0.15) is 26.8 Å². The first-order chi connectivity index (χ1) is 14.5. The van der Waals surface area contributed by atoms with Gasteiger partial charge in [0.25, 0.3) is 5.91 Å². The van der Waals surface area contributed by atoms with E-state index in [1.165, 1.54) is 12.1 Å². The summed E-state index contributed by atoms with van der Waals surface area (Å²) in [7, 11) is 0. The number of aromatic nitrogens is 3. The maximum absolute atomic E-state index is 13.2. The Hall–Kier alpha value is -2.97. The van der Waals surface area contributed by atoms with E-state index in [1.807, 2.05) is 26.0 Å². The summed E-state index contributed by atoms with van der Waals surface area (Å²) in [5.74, 6) is 0.772. The van der Waals surface area contributed by atoms with Crippen LogP contribution < -0.4 is 5.32 Å². The number of halogens is 1. The van der Waals surface area contributed by atoms with Gasteiger partial charge in [-0.25, -0.2) is 14.1 Å². The average Bonchev–Trinajstić information content (AvgIpc) is 3.32. The van der Waals surface area contributed by atoms with Crippen molar-refractivity contribution in [3.8, 4) is 5.69 Å². The van der Waals surface area contributed by atoms with Crippen molar-refractivity contribution in [1.29, 1.82) is 0 Å². The quantitative estimate of drug-likeness (QED) is 0.397. The summed E-state index contributed by atoms with van der Waals surface area (Å²) >= 11 is 3.33. The minimum absolute atomic E-state index is 0.232. The van der Waals surface area contributed by atoms with Gasteiger partial charge in [-0.3, -0.25) is 4.79 Å². The first-order valence-corrected chi connectivity index (χ1v) is 11.1. The molecule has 2 aromatic carbocycles. The van der Waals surface area contributed by atoms with Crippen LogP contribution in [-0.4, -0.2) is 20.7 Å². The number of nitrogens with zero attached hydrogens (tertiary/aromatic N) is 3. The van der Waals surface area contributed by atoms with Crippen molar-refractivity contribution in [2.45, 2.75) is 24.5 Å². The molecule has 4 rings (SSSR count). The smallest absolute Gasteiger partial charge is 0.256 e. The topological polar surface area (TPSA) is 59.8 Å². The van der Waals surface area contributed by atoms with Gasteiger partial charge in [0.2, 0.25) is 0 Å². The van der Waals surface area contributed by atoms with Crippen LogP contribution in [0.3, 0.4) is 0 Å². The van der Waals surface area contributed by atoms with Gasteiger partial charge in [-0.2, -0.15) is 5.10 Å². The molecule has 2 aromatic heterocycles. The summed E-state index contributed by atoms with van der Waals surface area (Å²) in [5, 5.41) is 10.4. The number of carbonyl (C=O) groups is 1. The number of anilines is 1. The van der Waals surface area contributed by atoms with Crippen molar-refractivity contribution in [1.82, 2.24) is 14.8 Å². The van der Waals surface area contributed by atoms with E-state index in [0.717, 1.165) is 27.0 Å². The van der Waals surface area contributed by atoms with Gasteiger partial charge in [0.15, 0.2) is 0 Å². The molecule has 1 N–H and O–H groups in total. The number of nitrogens with one attached hydrogen (secondary N) is 1. The highest BCUT2D eigenvalue weighted by molar-refractivity contribution is 7.98. The van der Waals surface area contributed by atoms with Crippen LogP contribution in [0, 0.1) is 19.7 Å². The predicted octanol–water partition coefficient (Wildman–Crippen LogP) is 5.63. The number of hydrogen-bond donors (Lipinski definition) is 1. The van der Waals surface area contributed by atoms with E-state index in [-0.39, 0.29) is 11.7 Å². The molecule has 2 heterocycles. The Bertz CT molecular complexity index is 1170. The summed E-state index contributed by atoms with van der Waals surface area (Å²) in [4.78, 5) is 18.3. The van der Waals surface area contributed by atoms with Crippen LogP contribution in [0.15, 0.2) is 64.9 Å². The largest absolute Gasteiger partial charge is 0.306 e. The SMILES string of the molecule is Cc1cc(NC(=O)c2ccc(SCc3csc(C)n3)cc2)n(-c2ccc(F)cc2)n1. The molecule has 0 atom stereocenters. The first kappa shape index (κ1) is 20.3. The van der Waals surface area contributed by atoms with Crippen LogP contribution in [0.2, 0.25) is 0 Å². The second kappa shape index (κ2) is 8.81. The molecule has 0 aliphatic heterocycles. The number of rotatable bonds is 6. The zero-order valence-electron chi connectivity index (χ0n) is 16.4. The highest BCUT2D eigenvalue weighted by atomic mass is 32.2. The van der Waals surface area contributed by atoms with E-state index >= 15 is 0 Å². The highest BCUT2D eigenvalue weighted by Crippen LogP contribution is 2.24. The normalized spacial score (nSPS) is 10.9. The van der Waals surface area contributed by atoms with Gasteiger partial charge in [0.1, 0.15) is 11.6 Å². The average molecular weight is 439 g/mol. The molecule has 8 heteroatoms. The van der Waals surface area contributed by atoms with Gasteiger partial charge in [-0.1, -0.05) is 0 Å². The van der Waals surface area contributed by atoms with Gasteiger partial charge in [0, 0.05) is 27.7 Å². The molecule has 0 radical (unpaired) electrons. The van der Waals surface area contributed by atoms with E-state index < -0.39 is 0 Å². The molecule has 4 aromatic rings. The third-order valence-electron chi connectivity index (χ3n) is 4.31. The Balaban J connectivity index is 1.44. The van der Waals surface area contributed by atoms with Crippen molar-refractivity contribution >= 4 is 34.8 Å². The lowest BCUT2D eigenvalue weighted by Gasteiger charge is -2.09. The summed E-state index contributed by atoms with van der Waals surface area (Å²) in [6, 6.07) is 15.2. The maximum Gasteiger partial charge on any atom is 0.256 e. The Morgan fingerprint density at radius 3 is 2.53 bits per heavy atom. The standard InChI is InChI=1S/C22H19FN4OS2/c1-14-11-21(27(26-14)19-7-5-17(23)6-8-19)25-22(28)16-3-9-20(10-4-16)30-13-18-12-29-15(2)24-18/h3-12H,13H2,1-2H3,(H,25,28). The van der Waals surface area contributed by atoms with E-state index in [9.17, 15) is 9.18 Å². The number of benzene rings is 2. The number of amides is 1. The van der Waals surface area contributed by atoms with Gasteiger partial charge in [0.05, 0.1) is 22.1 Å². The minimum atomic E-state index is -0.323. The first-order valence-electron chi connectivity index (χ1n) is 9.26. The lowest BCUT2D eigenvalue weighted by molar-refractivity contribution is 0.102. The fourth-order valence-corrected chi connectivity index (χ4v) is 4.40. The molecule has 0 saturated heterocycles. The Kier molecular flexibility index (Phi) is 5.96. The zero-order chi connectivity index (χ0) is 21.1. The predicted molar refractivity (Wildman–Crippen MR) is 119 cm³/mol. The third kappa shape index (κ3) is 4.77. The number of hydrogen-bond acceptors (Lipinski definition) is 5. The van der Waals surface area contributed by atoms with Crippen LogP contribution in [0.25, 0.3) is 5.69 Å². The Labute approximate surface area is 182 Å². The van der Waals surface area contributed by atoms with Crippen LogP contribution in [0.5, 0.6) is 0 Å². The van der Waals surface area contributed by atoms with Gasteiger partial charge >= 0.3 is 0 Å². The lowest BCUT2D eigenvalue weighted by atomic mass is 10.2.